The van der Waals surface area contributed by atoms with Gasteiger partial charge < -0.3 is 15.5 Å². The molecule has 0 aliphatic heterocycles. The lowest BCUT2D eigenvalue weighted by molar-refractivity contribution is 0.448. The number of hydrogen-bond acceptors (Lipinski definition) is 3. The van der Waals surface area contributed by atoms with Crippen molar-refractivity contribution in [3.05, 3.63) is 53.1 Å². The minimum atomic E-state index is -0.00139. The van der Waals surface area contributed by atoms with Gasteiger partial charge in [-0.05, 0) is 55.7 Å². The number of aromatic hydroxyl groups is 2. The Bertz CT molecular complexity index is 573. The number of phenols is 2. The van der Waals surface area contributed by atoms with E-state index in [4.69, 9.17) is 0 Å². The van der Waals surface area contributed by atoms with Crippen LogP contribution in [0.3, 0.4) is 0 Å². The fourth-order valence-corrected chi connectivity index (χ4v) is 2.08. The molecule has 3 nitrogen and oxygen atoms in total. The van der Waals surface area contributed by atoms with Crippen molar-refractivity contribution in [1.82, 2.24) is 0 Å². The van der Waals surface area contributed by atoms with Crippen molar-refractivity contribution in [2.75, 3.05) is 5.32 Å². The van der Waals surface area contributed by atoms with Crippen LogP contribution < -0.4 is 5.32 Å². The number of rotatable bonds is 3. The Balaban J connectivity index is 2.25. The van der Waals surface area contributed by atoms with Gasteiger partial charge in [0.2, 0.25) is 0 Å². The van der Waals surface area contributed by atoms with Crippen LogP contribution in [0.2, 0.25) is 0 Å². The average molecular weight is 257 g/mol. The van der Waals surface area contributed by atoms with Crippen LogP contribution in [0.4, 0.5) is 5.69 Å². The molecule has 3 heteroatoms. The van der Waals surface area contributed by atoms with Gasteiger partial charge in [0.25, 0.3) is 0 Å². The monoisotopic (exact) mass is 257 g/mol. The molecule has 3 N–H and O–H groups in total. The van der Waals surface area contributed by atoms with Gasteiger partial charge in [0, 0.05) is 17.8 Å². The predicted octanol–water partition coefficient (Wildman–Crippen LogP) is 3.89. The zero-order chi connectivity index (χ0) is 14.0. The zero-order valence-corrected chi connectivity index (χ0v) is 11.4. The van der Waals surface area contributed by atoms with E-state index in [1.54, 1.807) is 12.1 Å². The van der Waals surface area contributed by atoms with Gasteiger partial charge in [-0.2, -0.15) is 0 Å². The maximum Gasteiger partial charge on any atom is 0.119 e. The number of aryl methyl sites for hydroxylation is 2. The third-order valence-electron chi connectivity index (χ3n) is 3.19. The normalized spacial score (nSPS) is 12.2. The van der Waals surface area contributed by atoms with E-state index in [-0.39, 0.29) is 17.5 Å². The first kappa shape index (κ1) is 13.3. The van der Waals surface area contributed by atoms with E-state index < -0.39 is 0 Å². The van der Waals surface area contributed by atoms with Gasteiger partial charge in [0.05, 0.1) is 0 Å². The Kier molecular flexibility index (Phi) is 3.65. The van der Waals surface area contributed by atoms with Crippen LogP contribution in [0, 0.1) is 13.8 Å². The summed E-state index contributed by atoms with van der Waals surface area (Å²) in [5, 5.41) is 22.4. The molecular formula is C16H19NO2. The Labute approximate surface area is 113 Å². The zero-order valence-electron chi connectivity index (χ0n) is 11.4. The number of benzene rings is 2. The molecule has 2 aromatic carbocycles. The second-order valence-electron chi connectivity index (χ2n) is 4.97. The van der Waals surface area contributed by atoms with Gasteiger partial charge in [-0.15, -0.1) is 0 Å². The van der Waals surface area contributed by atoms with E-state index in [9.17, 15) is 10.2 Å². The molecule has 19 heavy (non-hydrogen) atoms. The van der Waals surface area contributed by atoms with Crippen molar-refractivity contribution in [2.24, 2.45) is 0 Å². The first-order chi connectivity index (χ1) is 8.95. The van der Waals surface area contributed by atoms with Gasteiger partial charge in [0.1, 0.15) is 11.5 Å². The third kappa shape index (κ3) is 3.19. The molecule has 0 aromatic heterocycles. The van der Waals surface area contributed by atoms with Crippen molar-refractivity contribution in [1.29, 1.82) is 0 Å². The first-order valence-electron chi connectivity index (χ1n) is 6.32. The predicted molar refractivity (Wildman–Crippen MR) is 77.7 cm³/mol. The standard InChI is InChI=1S/C16H19NO2/c1-10-4-5-11(2)16(6-10)17-12(3)13-7-14(18)9-15(19)8-13/h4-9,12,17-19H,1-3H3. The summed E-state index contributed by atoms with van der Waals surface area (Å²) in [6.07, 6.45) is 0. The molecule has 0 saturated carbocycles. The van der Waals surface area contributed by atoms with E-state index in [2.05, 4.69) is 37.4 Å². The fourth-order valence-electron chi connectivity index (χ4n) is 2.08. The van der Waals surface area contributed by atoms with Crippen LogP contribution in [0.5, 0.6) is 11.5 Å². The lowest BCUT2D eigenvalue weighted by atomic mass is 10.1. The fraction of sp³-hybridized carbons (Fsp3) is 0.250. The largest absolute Gasteiger partial charge is 0.508 e. The van der Waals surface area contributed by atoms with Crippen molar-refractivity contribution in [3.8, 4) is 11.5 Å². The highest BCUT2D eigenvalue weighted by atomic mass is 16.3. The lowest BCUT2D eigenvalue weighted by Gasteiger charge is -2.18. The van der Waals surface area contributed by atoms with Gasteiger partial charge in [0.15, 0.2) is 0 Å². The summed E-state index contributed by atoms with van der Waals surface area (Å²) < 4.78 is 0. The highest BCUT2D eigenvalue weighted by Crippen LogP contribution is 2.28. The molecule has 0 amide bonds. The van der Waals surface area contributed by atoms with E-state index >= 15 is 0 Å². The van der Waals surface area contributed by atoms with E-state index in [1.807, 2.05) is 6.92 Å². The van der Waals surface area contributed by atoms with Crippen molar-refractivity contribution in [3.63, 3.8) is 0 Å². The van der Waals surface area contributed by atoms with Gasteiger partial charge in [-0.25, -0.2) is 0 Å². The molecule has 2 aromatic rings. The Morgan fingerprint density at radius 1 is 0.947 bits per heavy atom. The third-order valence-corrected chi connectivity index (χ3v) is 3.19. The summed E-state index contributed by atoms with van der Waals surface area (Å²) >= 11 is 0. The molecule has 0 heterocycles. The van der Waals surface area contributed by atoms with Crippen LogP contribution in [0.1, 0.15) is 29.7 Å². The van der Waals surface area contributed by atoms with Crippen molar-refractivity contribution >= 4 is 5.69 Å². The number of nitrogens with one attached hydrogen (secondary N) is 1. The van der Waals surface area contributed by atoms with Crippen LogP contribution in [0.25, 0.3) is 0 Å². The minimum Gasteiger partial charge on any atom is -0.508 e. The van der Waals surface area contributed by atoms with Crippen LogP contribution >= 0.6 is 0 Å². The smallest absolute Gasteiger partial charge is 0.119 e. The number of anilines is 1. The van der Waals surface area contributed by atoms with Crippen LogP contribution in [-0.4, -0.2) is 10.2 Å². The van der Waals surface area contributed by atoms with Gasteiger partial charge >= 0.3 is 0 Å². The average Bonchev–Trinajstić information content (AvgIpc) is 2.32. The van der Waals surface area contributed by atoms with E-state index in [1.165, 1.54) is 17.2 Å². The number of hydrogen-bond donors (Lipinski definition) is 3. The summed E-state index contributed by atoms with van der Waals surface area (Å²) in [5.41, 5.74) is 4.27. The van der Waals surface area contributed by atoms with Gasteiger partial charge in [-0.3, -0.25) is 0 Å². The summed E-state index contributed by atoms with van der Waals surface area (Å²) in [7, 11) is 0. The van der Waals surface area contributed by atoms with E-state index in [0.717, 1.165) is 11.3 Å². The highest BCUT2D eigenvalue weighted by molar-refractivity contribution is 5.54. The van der Waals surface area contributed by atoms with Crippen molar-refractivity contribution < 1.29 is 10.2 Å². The second-order valence-corrected chi connectivity index (χ2v) is 4.97. The molecule has 0 radical (unpaired) electrons. The molecular weight excluding hydrogens is 238 g/mol. The summed E-state index contributed by atoms with van der Waals surface area (Å²) in [5.74, 6) is 0.147. The molecule has 0 fully saturated rings. The highest BCUT2D eigenvalue weighted by Gasteiger charge is 2.09. The number of phenolic OH excluding ortho intramolecular Hbond substituents is 2. The molecule has 1 unspecified atom stereocenters. The molecule has 0 saturated heterocycles. The molecule has 0 aliphatic rings. The van der Waals surface area contributed by atoms with Gasteiger partial charge in [-0.1, -0.05) is 12.1 Å². The molecule has 100 valence electrons. The molecule has 0 aliphatic carbocycles. The second kappa shape index (κ2) is 5.22. The maximum absolute atomic E-state index is 9.52. The molecule has 0 spiro atoms. The summed E-state index contributed by atoms with van der Waals surface area (Å²) in [6, 6.07) is 10.9. The molecule has 2 rings (SSSR count). The molecule has 1 atom stereocenters. The summed E-state index contributed by atoms with van der Waals surface area (Å²) in [4.78, 5) is 0. The Morgan fingerprint density at radius 2 is 1.58 bits per heavy atom. The summed E-state index contributed by atoms with van der Waals surface area (Å²) in [6.45, 7) is 6.10. The Morgan fingerprint density at radius 3 is 2.21 bits per heavy atom. The van der Waals surface area contributed by atoms with Crippen LogP contribution in [0.15, 0.2) is 36.4 Å². The quantitative estimate of drug-likeness (QED) is 0.782. The first-order valence-corrected chi connectivity index (χ1v) is 6.32. The SMILES string of the molecule is Cc1ccc(C)c(NC(C)c2cc(O)cc(O)c2)c1. The minimum absolute atomic E-state index is 0.00139. The van der Waals surface area contributed by atoms with Crippen LogP contribution in [-0.2, 0) is 0 Å². The Hall–Kier alpha value is -2.16. The molecule has 0 bridgehead atoms. The lowest BCUT2D eigenvalue weighted by Crippen LogP contribution is -2.07. The maximum atomic E-state index is 9.52. The van der Waals surface area contributed by atoms with E-state index in [0.29, 0.717) is 0 Å². The van der Waals surface area contributed by atoms with Crippen molar-refractivity contribution in [2.45, 2.75) is 26.8 Å². The topological polar surface area (TPSA) is 52.5 Å².